The van der Waals surface area contributed by atoms with Crippen molar-refractivity contribution in [3.63, 3.8) is 0 Å². The third kappa shape index (κ3) is 11.6. The van der Waals surface area contributed by atoms with Crippen LogP contribution in [0.25, 0.3) is 10.8 Å². The Bertz CT molecular complexity index is 2140. The van der Waals surface area contributed by atoms with Gasteiger partial charge in [-0.2, -0.15) is 0 Å². The number of alkyl halides is 2. The molecule has 0 bridgehead atoms. The first-order valence-corrected chi connectivity index (χ1v) is 23.6. The van der Waals surface area contributed by atoms with Gasteiger partial charge in [0.2, 0.25) is 27.7 Å². The van der Waals surface area contributed by atoms with Gasteiger partial charge >= 0.3 is 6.09 Å². The second kappa shape index (κ2) is 19.7. The third-order valence-corrected chi connectivity index (χ3v) is 14.9. The number of anilines is 1. The van der Waals surface area contributed by atoms with Crippen molar-refractivity contribution >= 4 is 50.3 Å². The molecule has 4 fully saturated rings. The number of hydrogen-bond acceptors (Lipinski definition) is 11. The van der Waals surface area contributed by atoms with Crippen molar-refractivity contribution in [3.8, 4) is 5.88 Å². The number of benzene rings is 1. The zero-order chi connectivity index (χ0) is 46.5. The summed E-state index contributed by atoms with van der Waals surface area (Å²) in [5.74, 6) is -3.86. The maximum absolute atomic E-state index is 14.2. The summed E-state index contributed by atoms with van der Waals surface area (Å²) >= 11 is 0. The summed E-state index contributed by atoms with van der Waals surface area (Å²) < 4.78 is 68.8. The Hall–Kier alpha value is -4.58. The number of sulfonamides is 1. The van der Waals surface area contributed by atoms with Gasteiger partial charge in [-0.1, -0.05) is 58.0 Å². The van der Waals surface area contributed by atoms with Gasteiger partial charge in [-0.25, -0.2) is 27.0 Å². The van der Waals surface area contributed by atoms with E-state index in [4.69, 9.17) is 14.5 Å². The molecule has 15 nitrogen and oxygen atoms in total. The summed E-state index contributed by atoms with van der Waals surface area (Å²) in [6.45, 7) is 15.7. The molecule has 356 valence electrons. The molecule has 4 amide bonds. The van der Waals surface area contributed by atoms with Gasteiger partial charge in [-0.15, -0.1) is 0 Å². The lowest BCUT2D eigenvalue weighted by molar-refractivity contribution is -0.148. The first-order chi connectivity index (χ1) is 29.6. The normalized spacial score (nSPS) is 27.9. The van der Waals surface area contributed by atoms with Gasteiger partial charge in [-0.3, -0.25) is 19.1 Å². The number of pyridine rings is 1. The first kappa shape index (κ1) is 49.4. The Morgan fingerprint density at radius 2 is 1.70 bits per heavy atom. The predicted molar refractivity (Wildman–Crippen MR) is 242 cm³/mol. The highest BCUT2D eigenvalue weighted by molar-refractivity contribution is 7.91. The summed E-state index contributed by atoms with van der Waals surface area (Å²) in [6, 6.07) is 7.04. The van der Waals surface area contributed by atoms with Crippen molar-refractivity contribution in [3.05, 3.63) is 42.6 Å². The van der Waals surface area contributed by atoms with Crippen LogP contribution in [0, 0.1) is 17.8 Å². The van der Waals surface area contributed by atoms with Gasteiger partial charge in [0.15, 0.2) is 5.60 Å². The summed E-state index contributed by atoms with van der Waals surface area (Å²) in [5, 5.41) is 4.79. The van der Waals surface area contributed by atoms with Crippen molar-refractivity contribution in [2.24, 2.45) is 23.5 Å². The van der Waals surface area contributed by atoms with E-state index < -0.39 is 61.9 Å². The molecule has 2 saturated heterocycles. The van der Waals surface area contributed by atoms with Gasteiger partial charge in [0.05, 0.1) is 36.4 Å². The Labute approximate surface area is 374 Å². The van der Waals surface area contributed by atoms with Crippen LogP contribution in [0.4, 0.5) is 19.3 Å². The van der Waals surface area contributed by atoms with Crippen LogP contribution in [-0.2, 0) is 33.9 Å². The summed E-state index contributed by atoms with van der Waals surface area (Å²) in [4.78, 5) is 60.6. The van der Waals surface area contributed by atoms with E-state index >= 15 is 0 Å². The lowest BCUT2D eigenvalue weighted by Gasteiger charge is -2.30. The van der Waals surface area contributed by atoms with E-state index in [0.29, 0.717) is 44.8 Å². The zero-order valence-electron chi connectivity index (χ0n) is 37.9. The van der Waals surface area contributed by atoms with E-state index in [9.17, 15) is 36.4 Å². The molecule has 5 aliphatic rings. The van der Waals surface area contributed by atoms with Crippen LogP contribution < -0.4 is 25.4 Å². The number of nitrogens with one attached hydrogen (secondary N) is 2. The summed E-state index contributed by atoms with van der Waals surface area (Å²) in [7, 11) is -3.92. The van der Waals surface area contributed by atoms with Crippen molar-refractivity contribution in [2.75, 3.05) is 37.7 Å². The molecule has 2 saturated carbocycles. The molecule has 1 aromatic carbocycles. The van der Waals surface area contributed by atoms with E-state index in [-0.39, 0.29) is 47.8 Å². The van der Waals surface area contributed by atoms with Crippen LogP contribution in [0.5, 0.6) is 5.88 Å². The quantitative estimate of drug-likeness (QED) is 0.231. The number of morpholine rings is 1. The van der Waals surface area contributed by atoms with Crippen molar-refractivity contribution < 1.29 is 54.9 Å². The van der Waals surface area contributed by atoms with Crippen molar-refractivity contribution in [1.82, 2.24) is 19.9 Å². The fraction of sp³-hybridized carbons (Fsp3) is 0.667. The molecular weight excluding hydrogens is 839 g/mol. The van der Waals surface area contributed by atoms with Gasteiger partial charge < -0.3 is 35.1 Å². The average molecular weight is 911 g/mol. The molecule has 1 aromatic heterocycles. The highest BCUT2D eigenvalue weighted by Crippen LogP contribution is 2.48. The number of nitrogens with two attached hydrogens (primary N) is 1. The highest BCUT2D eigenvalue weighted by Gasteiger charge is 2.63. The molecule has 63 heavy (non-hydrogen) atoms. The lowest BCUT2D eigenvalue weighted by atomic mass is 9.91. The van der Waals surface area contributed by atoms with E-state index in [1.807, 2.05) is 56.5 Å². The number of carbonyl (C=O) groups excluding carboxylic acids is 4. The first-order valence-electron chi connectivity index (χ1n) is 22.1. The van der Waals surface area contributed by atoms with Gasteiger partial charge in [0.25, 0.3) is 11.8 Å². The number of aromatic nitrogens is 1. The summed E-state index contributed by atoms with van der Waals surface area (Å²) in [5.41, 5.74) is 2.32. The topological polar surface area (TPSA) is 200 Å². The van der Waals surface area contributed by atoms with Crippen LogP contribution in [0.3, 0.4) is 0 Å². The number of ether oxygens (including phenoxy) is 3. The molecular formula is C45H72F2N6O9S. The highest BCUT2D eigenvalue weighted by atomic mass is 32.2. The molecule has 3 aliphatic heterocycles. The van der Waals surface area contributed by atoms with Crippen LogP contribution in [0.1, 0.15) is 111 Å². The molecule has 2 aromatic rings. The van der Waals surface area contributed by atoms with Crippen LogP contribution in [0.2, 0.25) is 0 Å². The number of halogens is 2. The minimum atomic E-state index is -3.92. The number of amides is 4. The molecule has 0 radical (unpaired) electrons. The maximum Gasteiger partial charge on any atom is 0.405 e. The van der Waals surface area contributed by atoms with Crippen LogP contribution in [0.15, 0.2) is 42.6 Å². The number of allylic oxidation sites excluding steroid dienone is 1. The molecule has 4 N–H and O–H groups in total. The summed E-state index contributed by atoms with van der Waals surface area (Å²) in [6.07, 6.45) is 8.40. The fourth-order valence-electron chi connectivity index (χ4n) is 8.22. The van der Waals surface area contributed by atoms with E-state index in [1.54, 1.807) is 11.8 Å². The maximum atomic E-state index is 14.2. The van der Waals surface area contributed by atoms with E-state index in [1.165, 1.54) is 0 Å². The minimum Gasteiger partial charge on any atom is -0.472 e. The SMILES string of the molecule is CC.CC(F)(F)C(C)(C)OC(N)=O.C[C@@H]1CC/C=C\[C@@H]2C[C@@]2(C(=O)NS(=O)(=O)C2(C)CC2)NC(=O)[C@@H]2C[C@@H](Oc3ncc(N4CCOCC4)c4ccccc34)CN2C(=O)C[C@H](C)C1.[HH].[HH].[HH]. The molecule has 0 unspecified atom stereocenters. The van der Waals surface area contributed by atoms with Crippen molar-refractivity contribution in [1.29, 1.82) is 0 Å². The smallest absolute Gasteiger partial charge is 0.405 e. The lowest BCUT2D eigenvalue weighted by Crippen LogP contribution is -2.57. The number of rotatable bonds is 8. The molecule has 18 heteroatoms. The molecule has 2 aliphatic carbocycles. The Balaban J connectivity index is 0.000000826. The Morgan fingerprint density at radius 3 is 2.30 bits per heavy atom. The largest absolute Gasteiger partial charge is 0.472 e. The third-order valence-electron chi connectivity index (χ3n) is 12.8. The fourth-order valence-corrected chi connectivity index (χ4v) is 9.53. The van der Waals surface area contributed by atoms with Crippen LogP contribution in [-0.4, -0.2) is 109 Å². The molecule has 7 rings (SSSR count). The number of hydrogen-bond donors (Lipinski definition) is 3. The van der Waals surface area contributed by atoms with E-state index in [0.717, 1.165) is 62.7 Å². The number of nitrogens with zero attached hydrogens (tertiary/aromatic N) is 3. The van der Waals surface area contributed by atoms with E-state index in [2.05, 4.69) is 39.3 Å². The van der Waals surface area contributed by atoms with Crippen molar-refractivity contribution in [2.45, 2.75) is 141 Å². The number of carbonyl (C=O) groups is 4. The average Bonchev–Trinajstić information content (AvgIpc) is 4.10. The number of primary amides is 1. The number of fused-ring (bicyclic) bond motifs is 3. The van der Waals surface area contributed by atoms with Gasteiger partial charge in [0, 0.05) is 53.8 Å². The van der Waals surface area contributed by atoms with Gasteiger partial charge in [-0.05, 0) is 77.2 Å². The molecule has 0 spiro atoms. The monoisotopic (exact) mass is 911 g/mol. The second-order valence-corrected chi connectivity index (χ2v) is 20.5. The zero-order valence-corrected chi connectivity index (χ0v) is 38.7. The Kier molecular flexibility index (Phi) is 15.4. The molecule has 4 heterocycles. The molecule has 6 atom stereocenters. The van der Waals surface area contributed by atoms with Gasteiger partial charge in [0.1, 0.15) is 17.7 Å². The Morgan fingerprint density at radius 1 is 1.05 bits per heavy atom. The second-order valence-electron chi connectivity index (χ2n) is 18.3. The van der Waals surface area contributed by atoms with Crippen LogP contribution >= 0.6 is 0 Å². The predicted octanol–water partition coefficient (Wildman–Crippen LogP) is 6.98. The minimum absolute atomic E-state index is 0. The standard InChI is InChI=1S/C37H49N5O7S.C6H11F2NO2.C2H6.3H2/c1-24-8-4-5-9-26-21-37(26,35(45)40-50(46,47)36(3)12-13-36)39-33(44)30-20-27(23-42(30)32(43)19-25(2)18-24)49-34-29-11-7-6-10-28(29)31(22-38-34)41-14-16-48-17-15-41;1-5(2,6(3,7)8)11-4(9)10;1-2;;;/h5-7,9-11,22,24-27,30H,4,8,12-21,23H2,1-3H3,(H,39,44)(H,40,45);1-3H3,(H2,9,10);1-2H3;3*1H/b9-5-;;;;;/t24-,25-,26-,27-,30+,37-;;;;;/m1...../s1.